The SMILES string of the molecule is CCC(C)(C(=O)OC1C2CCC(O2)C1OS(=O)(=O)N(C)C)C(F)(F)F.CCC(C)(C(=O)OC1CC2OC1C1CCCC21)C(F)(F)F.CCC(C)(C)C(=O)OC1C2CCC(O2)C1OS(N)(=O)=O.CCC(C)(C)C(=O)OC1CC2OC1C1CCCC21.CCC(C)C(=O)OC1C2CCC(O2)C1OS(=O)(=O)NC.CCC(C)C(=O)OC1CC2OC1C1CCCC21.COS(N)(=O)=O.COS(N)(=O)=O.COS(N)(=O)=O. The molecule has 12 aliphatic heterocycles. The number of nitrogens with one attached hydrogen (secondary N) is 1. The normalized spacial score (nSPS) is 34.1. The second-order valence-corrected chi connectivity index (χ2v) is 47.7. The second kappa shape index (κ2) is 49.0. The summed E-state index contributed by atoms with van der Waals surface area (Å²) in [5.41, 5.74) is -6.10. The van der Waals surface area contributed by atoms with Gasteiger partial charge in [0.15, 0.2) is 29.1 Å². The molecule has 810 valence electrons. The van der Waals surface area contributed by atoms with E-state index < -0.39 is 164 Å². The van der Waals surface area contributed by atoms with E-state index >= 15 is 0 Å². The van der Waals surface area contributed by atoms with Gasteiger partial charge in [0.1, 0.15) is 36.6 Å². The Labute approximate surface area is 813 Å². The van der Waals surface area contributed by atoms with E-state index in [4.69, 9.17) is 74.5 Å². The number of hydrogen-bond donors (Lipinski definition) is 5. The molecule has 0 aromatic heterocycles. The molecule has 12 saturated heterocycles. The monoisotopic (exact) mass is 2130 g/mol. The zero-order chi connectivity index (χ0) is 105. The number of esters is 6. The van der Waals surface area contributed by atoms with Gasteiger partial charge >= 0.3 is 110 Å². The highest BCUT2D eigenvalue weighted by molar-refractivity contribution is 7.85. The Hall–Kier alpha value is -4.62. The van der Waals surface area contributed by atoms with Gasteiger partial charge in [-0.3, -0.25) is 41.3 Å². The molecule has 3 aliphatic carbocycles. The standard InChI is InChI=1S/C15H21F3O3.C15H24O3.C14H22F3NO6S.C14H22O3.2C12H21NO6S.3CH5NO3S/c1-3-14(2,15(16,17)18)13(19)21-11-7-10-8-5-4-6-9(8)12(11)20-10;1-4-15(2,3)14(16)18-12-8-11-9-6-5-7-10(9)13(12)17-11;1-5-13(2,14(15,16)17)12(19)23-10-8-6-7-9(22-8)11(10)24-25(20,21)18(3)4;1-3-8(2)14(15)17-12-7-11-9-5-4-6-10(9)13(12)16-11;1-4-12(2,3)11(14)18-9-7-5-6-8(17-7)10(9)19-20(13,15)16;1-4-7(2)12(14)18-10-8-5-6-9(17-8)11(10)19-20(15,16)13-3;3*1-5-6(2,3)4/h8-12H,3-7H2,1-2H3;9-13H,4-8H2,1-3H3;8-11H,5-7H2,1-4H3;8-13H,3-7H2,1-2H3;7-10H,4-6H2,1-3H3,(H2,13,15,16);7-11,13H,4-6H2,1-3H3;3*1H3,(H2,2,3,4). The highest BCUT2D eigenvalue weighted by Crippen LogP contribution is 2.57. The molecule has 31 atom stereocenters. The van der Waals surface area contributed by atoms with Crippen molar-refractivity contribution in [2.24, 2.45) is 89.6 Å². The molecule has 0 aromatic carbocycles. The van der Waals surface area contributed by atoms with E-state index in [1.54, 1.807) is 20.8 Å². The Morgan fingerprint density at radius 2 is 0.626 bits per heavy atom. The fourth-order valence-electron chi connectivity index (χ4n) is 19.4. The van der Waals surface area contributed by atoms with Crippen molar-refractivity contribution in [3.63, 3.8) is 0 Å². The van der Waals surface area contributed by atoms with Gasteiger partial charge in [0.05, 0.1) is 117 Å². The second-order valence-electron chi connectivity index (χ2n) is 39.3. The van der Waals surface area contributed by atoms with E-state index in [0.717, 1.165) is 109 Å². The maximum absolute atomic E-state index is 13.2. The van der Waals surface area contributed by atoms with Crippen LogP contribution in [0.5, 0.6) is 0 Å². The van der Waals surface area contributed by atoms with Crippen LogP contribution in [-0.2, 0) is 173 Å². The maximum atomic E-state index is 13.2. The zero-order valence-electron chi connectivity index (χ0n) is 82.4. The van der Waals surface area contributed by atoms with Crippen LogP contribution in [0.25, 0.3) is 0 Å². The summed E-state index contributed by atoms with van der Waals surface area (Å²) in [5.74, 6) is 0.0805. The van der Waals surface area contributed by atoms with Crippen molar-refractivity contribution in [3.05, 3.63) is 0 Å². The summed E-state index contributed by atoms with van der Waals surface area (Å²) in [4.78, 5) is 72.3. The van der Waals surface area contributed by atoms with E-state index in [2.05, 4.69) is 32.7 Å². The predicted octanol–water partition coefficient (Wildman–Crippen LogP) is 7.90. The van der Waals surface area contributed by atoms with Crippen LogP contribution in [0.2, 0.25) is 0 Å². The minimum absolute atomic E-state index is 0.0210. The van der Waals surface area contributed by atoms with Crippen molar-refractivity contribution in [1.29, 1.82) is 0 Å². The summed E-state index contributed by atoms with van der Waals surface area (Å²) < 4.78 is 301. The molecule has 0 aromatic rings. The van der Waals surface area contributed by atoms with Crippen molar-refractivity contribution in [2.75, 3.05) is 42.5 Å². The first kappa shape index (κ1) is 121. The van der Waals surface area contributed by atoms with Crippen LogP contribution < -0.4 is 25.3 Å². The number of fused-ring (bicyclic) bond motifs is 21. The molecule has 9 N–H and O–H groups in total. The highest BCUT2D eigenvalue weighted by Gasteiger charge is 2.65. The van der Waals surface area contributed by atoms with Gasteiger partial charge in [0.2, 0.25) is 0 Å². The molecule has 12 heterocycles. The third kappa shape index (κ3) is 31.3. The fraction of sp³-hybridized carbons (Fsp3) is 0.929. The molecule has 54 heteroatoms. The Morgan fingerprint density at radius 3 is 0.914 bits per heavy atom. The van der Waals surface area contributed by atoms with Crippen LogP contribution in [0, 0.1) is 69.0 Å². The number of alkyl halides is 6. The predicted molar refractivity (Wildman–Crippen MR) is 480 cm³/mol. The van der Waals surface area contributed by atoms with Crippen molar-refractivity contribution >= 4 is 97.6 Å². The van der Waals surface area contributed by atoms with Crippen LogP contribution in [0.15, 0.2) is 0 Å². The summed E-state index contributed by atoms with van der Waals surface area (Å²) in [6, 6.07) is 0. The zero-order valence-corrected chi connectivity index (χ0v) is 87.3. The van der Waals surface area contributed by atoms with Gasteiger partial charge in [0.25, 0.3) is 0 Å². The van der Waals surface area contributed by atoms with Crippen molar-refractivity contribution in [3.8, 4) is 0 Å². The summed E-state index contributed by atoms with van der Waals surface area (Å²) in [6.45, 7) is 23.3. The molecule has 31 unspecified atom stereocenters. The lowest BCUT2D eigenvalue weighted by Gasteiger charge is -2.33. The van der Waals surface area contributed by atoms with Gasteiger partial charge in [-0.25, -0.2) is 33.1 Å². The number of halogens is 6. The summed E-state index contributed by atoms with van der Waals surface area (Å²) >= 11 is 0. The van der Waals surface area contributed by atoms with E-state index in [0.29, 0.717) is 80.8 Å². The third-order valence-corrected chi connectivity index (χ3v) is 33.8. The number of nitrogens with zero attached hydrogens (tertiary/aromatic N) is 1. The fourth-order valence-corrected chi connectivity index (χ4v) is 21.2. The number of carbonyl (C=O) groups is 6. The molecule has 0 spiro atoms. The molecule has 42 nitrogen and oxygen atoms in total. The first-order chi connectivity index (χ1) is 64.0. The Kier molecular flexibility index (Phi) is 42.8. The Morgan fingerprint density at radius 1 is 0.360 bits per heavy atom. The lowest BCUT2D eigenvalue weighted by atomic mass is 9.80. The van der Waals surface area contributed by atoms with Crippen LogP contribution in [0.4, 0.5) is 26.3 Å². The molecule has 15 rings (SSSR count). The molecule has 3 saturated carbocycles. The molecule has 15 fully saturated rings. The van der Waals surface area contributed by atoms with Crippen LogP contribution in [0.3, 0.4) is 0 Å². The number of rotatable bonds is 29. The lowest BCUT2D eigenvalue weighted by molar-refractivity contribution is -0.236. The molecule has 15 aliphatic rings. The quantitative estimate of drug-likeness (QED) is 0.0270. The highest BCUT2D eigenvalue weighted by atomic mass is 32.3. The van der Waals surface area contributed by atoms with Gasteiger partial charge < -0.3 is 56.8 Å². The van der Waals surface area contributed by atoms with Crippen molar-refractivity contribution in [2.45, 2.75) is 392 Å². The molecular weight excluding hydrogens is 1990 g/mol. The first-order valence-corrected chi connectivity index (χ1v) is 55.7. The van der Waals surface area contributed by atoms with Gasteiger partial charge in [-0.2, -0.15) is 85.9 Å². The maximum Gasteiger partial charge on any atom is 0.404 e. The lowest BCUT2D eigenvalue weighted by Crippen LogP contribution is -2.50. The van der Waals surface area contributed by atoms with Gasteiger partial charge in [-0.15, -0.1) is 0 Å². The Balaban J connectivity index is 0.000000219. The van der Waals surface area contributed by atoms with Gasteiger partial charge in [-0.05, 0) is 193 Å². The molecular formula is C85H146F6N6O36S6. The van der Waals surface area contributed by atoms with Gasteiger partial charge in [0, 0.05) is 40.4 Å². The largest absolute Gasteiger partial charge is 0.459 e. The van der Waals surface area contributed by atoms with Crippen LogP contribution in [0.1, 0.15) is 251 Å². The molecule has 0 radical (unpaired) electrons. The van der Waals surface area contributed by atoms with Gasteiger partial charge in [-0.1, -0.05) is 74.7 Å². The third-order valence-electron chi connectivity index (χ3n) is 29.6. The average molecular weight is 2130 g/mol. The smallest absolute Gasteiger partial charge is 0.404 e. The van der Waals surface area contributed by atoms with E-state index in [9.17, 15) is 106 Å². The Bertz CT molecular complexity index is 4770. The topological polar surface area (TPSA) is 593 Å². The summed E-state index contributed by atoms with van der Waals surface area (Å²) in [5, 5.41) is 17.8. The van der Waals surface area contributed by atoms with Crippen LogP contribution >= 0.6 is 0 Å². The van der Waals surface area contributed by atoms with Crippen LogP contribution in [-0.4, -0.2) is 274 Å². The van der Waals surface area contributed by atoms with E-state index in [1.807, 2.05) is 48.5 Å². The van der Waals surface area contributed by atoms with E-state index in [-0.39, 0.29) is 109 Å². The summed E-state index contributed by atoms with van der Waals surface area (Å²) in [7, 11) is -16.3. The number of nitrogens with two attached hydrogens (primary N) is 4. The minimum atomic E-state index is -4.79. The minimum Gasteiger partial charge on any atom is -0.459 e. The number of carbonyl (C=O) groups excluding carboxylic acids is 6. The summed E-state index contributed by atoms with van der Waals surface area (Å²) in [6.07, 6.45) is 2.70. The average Bonchev–Trinajstić information content (AvgIpc) is 1.60. The van der Waals surface area contributed by atoms with Crippen molar-refractivity contribution in [1.82, 2.24) is 9.03 Å². The molecule has 12 bridgehead atoms. The number of hydrogen-bond acceptors (Lipinski definition) is 36. The van der Waals surface area contributed by atoms with E-state index in [1.165, 1.54) is 73.5 Å². The first-order valence-electron chi connectivity index (χ1n) is 47.0. The number of ether oxygens (including phenoxy) is 12. The van der Waals surface area contributed by atoms with Crippen molar-refractivity contribution < 1.29 is 188 Å². The molecule has 0 amide bonds. The molecule has 139 heavy (non-hydrogen) atoms.